The topological polar surface area (TPSA) is 17.1 Å². The van der Waals surface area contributed by atoms with Gasteiger partial charge in [0.1, 0.15) is 0 Å². The van der Waals surface area contributed by atoms with Crippen molar-refractivity contribution in [2.24, 2.45) is 0 Å². The third-order valence-corrected chi connectivity index (χ3v) is 5.95. The second-order valence-electron chi connectivity index (χ2n) is 4.94. The minimum Gasteiger partial charge on any atom is -0.293 e. The van der Waals surface area contributed by atoms with Gasteiger partial charge in [-0.15, -0.1) is 0 Å². The number of alkyl halides is 2. The number of ketones is 1. The number of hydrogen-bond donors (Lipinski definition) is 0. The molecule has 104 valence electrons. The van der Waals surface area contributed by atoms with E-state index in [-0.39, 0.29) is 15.4 Å². The number of Topliss-reactive ketones (excluding diaryl/α,β-unsaturated/α-hetero) is 1. The molecular formula is C17H16Br2O. The molecule has 0 bridgehead atoms. The molecule has 0 saturated heterocycles. The maximum Gasteiger partial charge on any atom is 0.177 e. The van der Waals surface area contributed by atoms with Gasteiger partial charge >= 0.3 is 0 Å². The molecule has 2 aromatic rings. The summed E-state index contributed by atoms with van der Waals surface area (Å²) in [5.41, 5.74) is 4.19. The minimum atomic E-state index is -0.284. The van der Waals surface area contributed by atoms with Crippen LogP contribution in [-0.4, -0.2) is 10.6 Å². The molecule has 0 radical (unpaired) electrons. The van der Waals surface area contributed by atoms with Gasteiger partial charge in [-0.3, -0.25) is 4.79 Å². The average Bonchev–Trinajstić information content (AvgIpc) is 2.46. The fourth-order valence-corrected chi connectivity index (χ4v) is 3.04. The molecule has 0 aliphatic rings. The fourth-order valence-electron chi connectivity index (χ4n) is 1.93. The van der Waals surface area contributed by atoms with Crippen LogP contribution in [-0.2, 0) is 0 Å². The highest BCUT2D eigenvalue weighted by Gasteiger charge is 2.25. The molecule has 20 heavy (non-hydrogen) atoms. The van der Waals surface area contributed by atoms with E-state index in [4.69, 9.17) is 0 Å². The zero-order valence-electron chi connectivity index (χ0n) is 11.4. The van der Waals surface area contributed by atoms with Crippen molar-refractivity contribution in [3.05, 3.63) is 70.8 Å². The second kappa shape index (κ2) is 6.68. The Hall–Kier alpha value is -0.930. The van der Waals surface area contributed by atoms with E-state index >= 15 is 0 Å². The lowest BCUT2D eigenvalue weighted by Gasteiger charge is -2.16. The lowest BCUT2D eigenvalue weighted by Crippen LogP contribution is -2.19. The smallest absolute Gasteiger partial charge is 0.177 e. The number of benzene rings is 2. The standard InChI is InChI=1S/C17H16Br2O/c1-11-3-7-13(8-4-11)15(18)16(19)17(20)14-9-5-12(2)6-10-14/h3-10,15-16H,1-2H3/t15-,16+/m1/s1. The average molecular weight is 396 g/mol. The van der Waals surface area contributed by atoms with E-state index in [0.29, 0.717) is 0 Å². The van der Waals surface area contributed by atoms with Crippen LogP contribution in [0.2, 0.25) is 0 Å². The van der Waals surface area contributed by atoms with Gasteiger partial charge in [-0.1, -0.05) is 91.5 Å². The molecule has 2 aromatic carbocycles. The van der Waals surface area contributed by atoms with Crippen molar-refractivity contribution in [3.63, 3.8) is 0 Å². The Morgan fingerprint density at radius 3 is 1.80 bits per heavy atom. The Kier molecular flexibility index (Phi) is 5.17. The molecule has 0 heterocycles. The monoisotopic (exact) mass is 394 g/mol. The zero-order valence-corrected chi connectivity index (χ0v) is 14.6. The largest absolute Gasteiger partial charge is 0.293 e. The highest BCUT2D eigenvalue weighted by atomic mass is 79.9. The van der Waals surface area contributed by atoms with Gasteiger partial charge in [0.2, 0.25) is 0 Å². The van der Waals surface area contributed by atoms with E-state index in [0.717, 1.165) is 16.7 Å². The van der Waals surface area contributed by atoms with E-state index < -0.39 is 0 Å². The van der Waals surface area contributed by atoms with Crippen molar-refractivity contribution in [2.75, 3.05) is 0 Å². The number of carbonyl (C=O) groups is 1. The molecular weight excluding hydrogens is 380 g/mol. The third kappa shape index (κ3) is 3.58. The van der Waals surface area contributed by atoms with E-state index in [2.05, 4.69) is 50.9 Å². The van der Waals surface area contributed by atoms with Gasteiger partial charge in [0.25, 0.3) is 0 Å². The highest BCUT2D eigenvalue weighted by Crippen LogP contribution is 2.33. The van der Waals surface area contributed by atoms with Gasteiger partial charge in [0.05, 0.1) is 9.65 Å². The van der Waals surface area contributed by atoms with E-state index in [1.807, 2.05) is 43.3 Å². The normalized spacial score (nSPS) is 13.8. The summed E-state index contributed by atoms with van der Waals surface area (Å²) in [6, 6.07) is 15.9. The van der Waals surface area contributed by atoms with Crippen LogP contribution >= 0.6 is 31.9 Å². The first-order chi connectivity index (χ1) is 9.49. The van der Waals surface area contributed by atoms with Crippen LogP contribution in [0.5, 0.6) is 0 Å². The predicted octanol–water partition coefficient (Wildman–Crippen LogP) is 5.39. The summed E-state index contributed by atoms with van der Waals surface area (Å²) in [6.07, 6.45) is 0. The number of carbonyl (C=O) groups excluding carboxylic acids is 1. The summed E-state index contributed by atoms with van der Waals surface area (Å²) in [4.78, 5) is 12.1. The molecule has 1 nitrogen and oxygen atoms in total. The van der Waals surface area contributed by atoms with Crippen LogP contribution < -0.4 is 0 Å². The molecule has 0 aliphatic carbocycles. The molecule has 0 unspecified atom stereocenters. The van der Waals surface area contributed by atoms with Crippen molar-refractivity contribution in [1.82, 2.24) is 0 Å². The highest BCUT2D eigenvalue weighted by molar-refractivity contribution is 9.12. The molecule has 0 saturated carbocycles. The molecule has 0 aromatic heterocycles. The lowest BCUT2D eigenvalue weighted by atomic mass is 10.0. The van der Waals surface area contributed by atoms with Crippen LogP contribution in [0, 0.1) is 13.8 Å². The molecule has 0 amide bonds. The summed E-state index contributed by atoms with van der Waals surface area (Å²) >= 11 is 7.14. The van der Waals surface area contributed by atoms with E-state index in [9.17, 15) is 4.79 Å². The first-order valence-corrected chi connectivity index (χ1v) is 8.28. The Morgan fingerprint density at radius 2 is 1.30 bits per heavy atom. The van der Waals surface area contributed by atoms with Crippen molar-refractivity contribution in [2.45, 2.75) is 23.5 Å². The van der Waals surface area contributed by atoms with Crippen LogP contribution in [0.3, 0.4) is 0 Å². The second-order valence-corrected chi connectivity index (χ2v) is 6.92. The Morgan fingerprint density at radius 1 is 0.850 bits per heavy atom. The Labute approximate surface area is 136 Å². The van der Waals surface area contributed by atoms with Crippen LogP contribution in [0.15, 0.2) is 48.5 Å². The molecule has 0 fully saturated rings. The van der Waals surface area contributed by atoms with Gasteiger partial charge in [0, 0.05) is 5.56 Å². The maximum absolute atomic E-state index is 12.5. The molecule has 2 atom stereocenters. The van der Waals surface area contributed by atoms with Crippen LogP contribution in [0.1, 0.15) is 31.9 Å². The molecule has 2 rings (SSSR count). The lowest BCUT2D eigenvalue weighted by molar-refractivity contribution is 0.0991. The van der Waals surface area contributed by atoms with Gasteiger partial charge < -0.3 is 0 Å². The van der Waals surface area contributed by atoms with Crippen molar-refractivity contribution < 1.29 is 4.79 Å². The molecule has 0 N–H and O–H groups in total. The molecule has 0 aliphatic heterocycles. The van der Waals surface area contributed by atoms with Crippen LogP contribution in [0.4, 0.5) is 0 Å². The van der Waals surface area contributed by atoms with E-state index in [1.165, 1.54) is 5.56 Å². The Bertz CT molecular complexity index is 587. The SMILES string of the molecule is Cc1ccc(C(=O)[C@@H](Br)[C@H](Br)c2ccc(C)cc2)cc1. The van der Waals surface area contributed by atoms with Gasteiger partial charge in [0.15, 0.2) is 5.78 Å². The van der Waals surface area contributed by atoms with Crippen molar-refractivity contribution >= 4 is 37.6 Å². The van der Waals surface area contributed by atoms with Gasteiger partial charge in [-0.2, -0.15) is 0 Å². The first kappa shape index (κ1) is 15.5. The first-order valence-electron chi connectivity index (χ1n) is 6.44. The molecule has 0 spiro atoms. The third-order valence-electron chi connectivity index (χ3n) is 3.24. The summed E-state index contributed by atoms with van der Waals surface area (Å²) < 4.78 is 0. The number of halogens is 2. The minimum absolute atomic E-state index is 0.0445. The molecule has 3 heteroatoms. The van der Waals surface area contributed by atoms with Gasteiger partial charge in [-0.25, -0.2) is 0 Å². The van der Waals surface area contributed by atoms with Gasteiger partial charge in [-0.05, 0) is 19.4 Å². The zero-order chi connectivity index (χ0) is 14.7. The van der Waals surface area contributed by atoms with E-state index in [1.54, 1.807) is 0 Å². The number of hydrogen-bond acceptors (Lipinski definition) is 1. The fraction of sp³-hybridized carbons (Fsp3) is 0.235. The van der Waals surface area contributed by atoms with Crippen LogP contribution in [0.25, 0.3) is 0 Å². The number of rotatable bonds is 4. The quantitative estimate of drug-likeness (QED) is 0.501. The summed E-state index contributed by atoms with van der Waals surface area (Å²) in [5, 5.41) is 0. The summed E-state index contributed by atoms with van der Waals surface area (Å²) in [5.74, 6) is 0.0902. The summed E-state index contributed by atoms with van der Waals surface area (Å²) in [7, 11) is 0. The number of aryl methyl sites for hydroxylation is 2. The maximum atomic E-state index is 12.5. The Balaban J connectivity index is 2.17. The van der Waals surface area contributed by atoms with Crippen molar-refractivity contribution in [3.8, 4) is 0 Å². The summed E-state index contributed by atoms with van der Waals surface area (Å²) in [6.45, 7) is 4.07. The van der Waals surface area contributed by atoms with Crippen molar-refractivity contribution in [1.29, 1.82) is 0 Å². The predicted molar refractivity (Wildman–Crippen MR) is 91.1 cm³/mol.